The standard InChI is InChI=1S/C8H16OS/c1-8(2)3-5-10-6-4-9-7-8/h3-7H2,1-2H3. The summed E-state index contributed by atoms with van der Waals surface area (Å²) in [5, 5.41) is 0. The van der Waals surface area contributed by atoms with E-state index in [9.17, 15) is 0 Å². The summed E-state index contributed by atoms with van der Waals surface area (Å²) in [7, 11) is 0. The first-order chi connectivity index (χ1) is 4.71. The first-order valence-electron chi connectivity index (χ1n) is 3.86. The van der Waals surface area contributed by atoms with Gasteiger partial charge in [-0.05, 0) is 17.6 Å². The number of hydrogen-bond donors (Lipinski definition) is 0. The van der Waals surface area contributed by atoms with Crippen LogP contribution in [0.3, 0.4) is 0 Å². The molecule has 0 N–H and O–H groups in total. The van der Waals surface area contributed by atoms with Crippen molar-refractivity contribution in [1.29, 1.82) is 0 Å². The topological polar surface area (TPSA) is 9.23 Å². The SMILES string of the molecule is CC1(C)CCSCCOC1. The summed E-state index contributed by atoms with van der Waals surface area (Å²) >= 11 is 2.01. The van der Waals surface area contributed by atoms with E-state index in [0.29, 0.717) is 5.41 Å². The van der Waals surface area contributed by atoms with Gasteiger partial charge in [-0.2, -0.15) is 11.8 Å². The lowest BCUT2D eigenvalue weighted by Gasteiger charge is -2.26. The molecular formula is C8H16OS. The van der Waals surface area contributed by atoms with Crippen LogP contribution in [0.4, 0.5) is 0 Å². The fraction of sp³-hybridized carbons (Fsp3) is 1.00. The van der Waals surface area contributed by atoms with Gasteiger partial charge in [0.25, 0.3) is 0 Å². The van der Waals surface area contributed by atoms with Crippen LogP contribution in [0.15, 0.2) is 0 Å². The van der Waals surface area contributed by atoms with Crippen molar-refractivity contribution >= 4 is 11.8 Å². The predicted octanol–water partition coefficient (Wildman–Crippen LogP) is 2.17. The maximum Gasteiger partial charge on any atom is 0.0556 e. The van der Waals surface area contributed by atoms with Crippen LogP contribution in [0.1, 0.15) is 20.3 Å². The van der Waals surface area contributed by atoms with E-state index < -0.39 is 0 Å². The van der Waals surface area contributed by atoms with Crippen LogP contribution in [0.2, 0.25) is 0 Å². The molecule has 1 saturated heterocycles. The molecule has 0 amide bonds. The van der Waals surface area contributed by atoms with E-state index in [2.05, 4.69) is 13.8 Å². The molecule has 0 unspecified atom stereocenters. The highest BCUT2D eigenvalue weighted by Crippen LogP contribution is 2.24. The van der Waals surface area contributed by atoms with Crippen LogP contribution in [-0.4, -0.2) is 24.7 Å². The largest absolute Gasteiger partial charge is 0.380 e. The van der Waals surface area contributed by atoms with E-state index >= 15 is 0 Å². The van der Waals surface area contributed by atoms with Gasteiger partial charge in [-0.15, -0.1) is 0 Å². The highest BCUT2D eigenvalue weighted by Gasteiger charge is 2.18. The van der Waals surface area contributed by atoms with Crippen molar-refractivity contribution in [1.82, 2.24) is 0 Å². The van der Waals surface area contributed by atoms with Gasteiger partial charge < -0.3 is 4.74 Å². The molecule has 1 heterocycles. The minimum Gasteiger partial charge on any atom is -0.380 e. The summed E-state index contributed by atoms with van der Waals surface area (Å²) < 4.78 is 5.47. The second-order valence-electron chi connectivity index (χ2n) is 3.58. The lowest BCUT2D eigenvalue weighted by atomic mass is 9.91. The van der Waals surface area contributed by atoms with Crippen LogP contribution >= 0.6 is 11.8 Å². The lowest BCUT2D eigenvalue weighted by Crippen LogP contribution is -2.23. The zero-order chi connectivity index (χ0) is 7.45. The molecule has 0 aliphatic carbocycles. The Morgan fingerprint density at radius 3 is 2.90 bits per heavy atom. The summed E-state index contributed by atoms with van der Waals surface area (Å²) in [6.07, 6.45) is 1.29. The van der Waals surface area contributed by atoms with Gasteiger partial charge in [0.2, 0.25) is 0 Å². The Morgan fingerprint density at radius 1 is 1.30 bits per heavy atom. The van der Waals surface area contributed by atoms with E-state index in [4.69, 9.17) is 4.74 Å². The minimum absolute atomic E-state index is 0.410. The first kappa shape index (κ1) is 8.41. The van der Waals surface area contributed by atoms with Crippen LogP contribution in [0.5, 0.6) is 0 Å². The molecule has 1 rings (SSSR count). The quantitative estimate of drug-likeness (QED) is 0.537. The second kappa shape index (κ2) is 3.63. The average molecular weight is 160 g/mol. The third-order valence-electron chi connectivity index (χ3n) is 1.79. The monoisotopic (exact) mass is 160 g/mol. The van der Waals surface area contributed by atoms with Crippen LogP contribution in [0, 0.1) is 5.41 Å². The highest BCUT2D eigenvalue weighted by molar-refractivity contribution is 7.99. The molecule has 0 radical (unpaired) electrons. The summed E-state index contributed by atoms with van der Waals surface area (Å²) in [5.41, 5.74) is 0.410. The molecule has 1 nitrogen and oxygen atoms in total. The van der Waals surface area contributed by atoms with Gasteiger partial charge >= 0.3 is 0 Å². The molecule has 0 aromatic carbocycles. The molecule has 1 aliphatic heterocycles. The van der Waals surface area contributed by atoms with Crippen LogP contribution in [-0.2, 0) is 4.74 Å². The molecule has 0 saturated carbocycles. The molecule has 60 valence electrons. The molecular weight excluding hydrogens is 144 g/mol. The van der Waals surface area contributed by atoms with Gasteiger partial charge in [-0.3, -0.25) is 0 Å². The van der Waals surface area contributed by atoms with Crippen LogP contribution in [0.25, 0.3) is 0 Å². The number of rotatable bonds is 0. The minimum atomic E-state index is 0.410. The van der Waals surface area contributed by atoms with Crippen LogP contribution < -0.4 is 0 Å². The molecule has 2 heteroatoms. The Balaban J connectivity index is 2.30. The van der Waals surface area contributed by atoms with Crippen molar-refractivity contribution in [3.05, 3.63) is 0 Å². The maximum atomic E-state index is 5.47. The highest BCUT2D eigenvalue weighted by atomic mass is 32.2. The van der Waals surface area contributed by atoms with Crippen molar-refractivity contribution in [2.75, 3.05) is 24.7 Å². The molecule has 1 aliphatic rings. The Morgan fingerprint density at radius 2 is 2.10 bits per heavy atom. The number of ether oxygens (including phenoxy) is 1. The van der Waals surface area contributed by atoms with E-state index in [-0.39, 0.29) is 0 Å². The van der Waals surface area contributed by atoms with Gasteiger partial charge in [0.15, 0.2) is 0 Å². The summed E-state index contributed by atoms with van der Waals surface area (Å²) in [6.45, 7) is 6.43. The Kier molecular flexibility index (Phi) is 3.05. The molecule has 0 aromatic rings. The third kappa shape index (κ3) is 2.93. The second-order valence-corrected chi connectivity index (χ2v) is 4.80. The van der Waals surface area contributed by atoms with E-state index in [1.807, 2.05) is 11.8 Å². The molecule has 0 aromatic heterocycles. The maximum absolute atomic E-state index is 5.47. The van der Waals surface area contributed by atoms with Gasteiger partial charge in [0, 0.05) is 5.75 Å². The Bertz CT molecular complexity index is 91.4. The van der Waals surface area contributed by atoms with Crippen molar-refractivity contribution < 1.29 is 4.74 Å². The lowest BCUT2D eigenvalue weighted by molar-refractivity contribution is 0.0688. The molecule has 1 fully saturated rings. The summed E-state index contributed by atoms with van der Waals surface area (Å²) in [4.78, 5) is 0. The molecule has 0 atom stereocenters. The van der Waals surface area contributed by atoms with Gasteiger partial charge in [0.1, 0.15) is 0 Å². The summed E-state index contributed by atoms with van der Waals surface area (Å²) in [6, 6.07) is 0. The number of thioether (sulfide) groups is 1. The fourth-order valence-corrected chi connectivity index (χ4v) is 2.13. The van der Waals surface area contributed by atoms with Crippen molar-refractivity contribution in [2.24, 2.45) is 5.41 Å². The molecule has 0 bridgehead atoms. The van der Waals surface area contributed by atoms with Gasteiger partial charge in [-0.1, -0.05) is 13.8 Å². The summed E-state index contributed by atoms with van der Waals surface area (Å²) in [5.74, 6) is 2.48. The van der Waals surface area contributed by atoms with Gasteiger partial charge in [0.05, 0.1) is 13.2 Å². The van der Waals surface area contributed by atoms with Crippen molar-refractivity contribution in [2.45, 2.75) is 20.3 Å². The van der Waals surface area contributed by atoms with E-state index in [0.717, 1.165) is 13.2 Å². The first-order valence-corrected chi connectivity index (χ1v) is 5.02. The van der Waals surface area contributed by atoms with E-state index in [1.165, 1.54) is 17.9 Å². The van der Waals surface area contributed by atoms with Crippen molar-refractivity contribution in [3.63, 3.8) is 0 Å². The molecule has 10 heavy (non-hydrogen) atoms. The zero-order valence-corrected chi connectivity index (χ0v) is 7.67. The fourth-order valence-electron chi connectivity index (χ4n) is 0.989. The predicted molar refractivity (Wildman–Crippen MR) is 46.5 cm³/mol. The van der Waals surface area contributed by atoms with Crippen molar-refractivity contribution in [3.8, 4) is 0 Å². The van der Waals surface area contributed by atoms with E-state index in [1.54, 1.807) is 0 Å². The Hall–Kier alpha value is 0.310. The molecule has 0 spiro atoms. The number of hydrogen-bond acceptors (Lipinski definition) is 2. The normalized spacial score (nSPS) is 27.0. The smallest absolute Gasteiger partial charge is 0.0556 e. The van der Waals surface area contributed by atoms with Gasteiger partial charge in [-0.25, -0.2) is 0 Å². The average Bonchev–Trinajstić information content (AvgIpc) is 1.81. The Labute approximate surface area is 67.5 Å². The zero-order valence-electron chi connectivity index (χ0n) is 6.85. The third-order valence-corrected chi connectivity index (χ3v) is 2.74.